The zero-order valence-electron chi connectivity index (χ0n) is 16.4. The van der Waals surface area contributed by atoms with E-state index in [1.165, 1.54) is 5.56 Å². The fraction of sp³-hybridized carbons (Fsp3) is 0.364. The molecule has 2 aromatic carbocycles. The number of aryl methyl sites for hydroxylation is 2. The summed E-state index contributed by atoms with van der Waals surface area (Å²) in [4.78, 5) is 26.6. The van der Waals surface area contributed by atoms with Gasteiger partial charge in [0.1, 0.15) is 0 Å². The summed E-state index contributed by atoms with van der Waals surface area (Å²) >= 11 is 0. The number of carbonyl (C=O) groups is 2. The molecule has 154 valence electrons. The Hall–Kier alpha value is -3.22. The predicted octanol–water partition coefficient (Wildman–Crippen LogP) is 2.47. The quantitative estimate of drug-likeness (QED) is 0.579. The number of hydrogen-bond acceptors (Lipinski definition) is 5. The highest BCUT2D eigenvalue weighted by molar-refractivity contribution is 5.95. The van der Waals surface area contributed by atoms with E-state index in [0.29, 0.717) is 38.8 Å². The van der Waals surface area contributed by atoms with E-state index in [4.69, 9.17) is 0 Å². The standard InChI is InChI=1S/C22H26N2O5/c1-14-2-4-15(5-3-14)6-7-20(27)24-10-8-17(9-11-24)23-22(29)16-12-18(25)21(28)19(26)13-16/h2-5,12-13,17,25-26,28H,6-11H2,1H3,(H,23,29). The summed E-state index contributed by atoms with van der Waals surface area (Å²) in [6.45, 7) is 3.18. The molecule has 0 radical (unpaired) electrons. The summed E-state index contributed by atoms with van der Waals surface area (Å²) in [5.41, 5.74) is 2.41. The molecule has 0 aromatic heterocycles. The molecular formula is C22H26N2O5. The zero-order chi connectivity index (χ0) is 21.0. The number of amides is 2. The maximum absolute atomic E-state index is 12.5. The second-order valence-corrected chi connectivity index (χ2v) is 7.48. The second-order valence-electron chi connectivity index (χ2n) is 7.48. The van der Waals surface area contributed by atoms with Crippen molar-refractivity contribution in [2.24, 2.45) is 0 Å². The lowest BCUT2D eigenvalue weighted by Crippen LogP contribution is -2.46. The molecule has 0 spiro atoms. The lowest BCUT2D eigenvalue weighted by molar-refractivity contribution is -0.132. The van der Waals surface area contributed by atoms with Crippen LogP contribution in [-0.2, 0) is 11.2 Å². The molecular weight excluding hydrogens is 372 g/mol. The van der Waals surface area contributed by atoms with Gasteiger partial charge >= 0.3 is 0 Å². The highest BCUT2D eigenvalue weighted by Gasteiger charge is 2.24. The van der Waals surface area contributed by atoms with Crippen LogP contribution in [0.3, 0.4) is 0 Å². The topological polar surface area (TPSA) is 110 Å². The van der Waals surface area contributed by atoms with Crippen LogP contribution in [0.2, 0.25) is 0 Å². The molecule has 2 aromatic rings. The van der Waals surface area contributed by atoms with Crippen molar-refractivity contribution in [2.75, 3.05) is 13.1 Å². The van der Waals surface area contributed by atoms with E-state index in [0.717, 1.165) is 17.7 Å². The van der Waals surface area contributed by atoms with Gasteiger partial charge in [-0.25, -0.2) is 0 Å². The molecule has 1 aliphatic rings. The third kappa shape index (κ3) is 5.19. The van der Waals surface area contributed by atoms with E-state index >= 15 is 0 Å². The number of rotatable bonds is 5. The first kappa shape index (κ1) is 20.5. The van der Waals surface area contributed by atoms with E-state index < -0.39 is 23.2 Å². The number of phenolic OH excluding ortho intramolecular Hbond substituents is 3. The number of hydrogen-bond donors (Lipinski definition) is 4. The number of nitrogens with zero attached hydrogens (tertiary/aromatic N) is 1. The van der Waals surface area contributed by atoms with Crippen LogP contribution < -0.4 is 5.32 Å². The van der Waals surface area contributed by atoms with E-state index in [1.54, 1.807) is 0 Å². The first-order valence-electron chi connectivity index (χ1n) is 9.72. The van der Waals surface area contributed by atoms with Crippen LogP contribution in [0.5, 0.6) is 17.2 Å². The first-order valence-corrected chi connectivity index (χ1v) is 9.72. The normalized spacial score (nSPS) is 14.6. The number of carbonyl (C=O) groups excluding carboxylic acids is 2. The van der Waals surface area contributed by atoms with Crippen molar-refractivity contribution in [3.05, 3.63) is 53.1 Å². The first-order chi connectivity index (χ1) is 13.8. The van der Waals surface area contributed by atoms with Crippen molar-refractivity contribution in [2.45, 2.75) is 38.6 Å². The number of likely N-dealkylation sites (tertiary alicyclic amines) is 1. The second kappa shape index (κ2) is 8.86. The fourth-order valence-electron chi connectivity index (χ4n) is 3.44. The Balaban J connectivity index is 1.46. The maximum atomic E-state index is 12.5. The van der Waals surface area contributed by atoms with Crippen molar-refractivity contribution in [1.29, 1.82) is 0 Å². The van der Waals surface area contributed by atoms with E-state index in [9.17, 15) is 24.9 Å². The summed E-state index contributed by atoms with van der Waals surface area (Å²) in [6, 6.07) is 10.3. The van der Waals surface area contributed by atoms with Gasteiger partial charge in [0.05, 0.1) is 0 Å². The minimum Gasteiger partial charge on any atom is -0.504 e. The van der Waals surface area contributed by atoms with Gasteiger partial charge in [0.2, 0.25) is 5.91 Å². The molecule has 3 rings (SSSR count). The molecule has 1 saturated heterocycles. The average molecular weight is 398 g/mol. The van der Waals surface area contributed by atoms with Crippen LogP contribution in [0.15, 0.2) is 36.4 Å². The number of benzene rings is 2. The third-order valence-corrected chi connectivity index (χ3v) is 5.26. The molecule has 0 aliphatic carbocycles. The van der Waals surface area contributed by atoms with Gasteiger partial charge in [0.15, 0.2) is 17.2 Å². The summed E-state index contributed by atoms with van der Waals surface area (Å²) in [5.74, 6) is -2.09. The maximum Gasteiger partial charge on any atom is 0.251 e. The summed E-state index contributed by atoms with van der Waals surface area (Å²) in [7, 11) is 0. The predicted molar refractivity (Wildman–Crippen MR) is 108 cm³/mol. The van der Waals surface area contributed by atoms with Crippen molar-refractivity contribution < 1.29 is 24.9 Å². The molecule has 0 unspecified atom stereocenters. The molecule has 4 N–H and O–H groups in total. The van der Waals surface area contributed by atoms with Crippen LogP contribution in [-0.4, -0.2) is 51.2 Å². The van der Waals surface area contributed by atoms with Crippen molar-refractivity contribution in [3.8, 4) is 17.2 Å². The van der Waals surface area contributed by atoms with Gasteiger partial charge in [-0.2, -0.15) is 0 Å². The Bertz CT molecular complexity index is 864. The molecule has 29 heavy (non-hydrogen) atoms. The van der Waals surface area contributed by atoms with Crippen LogP contribution in [0.25, 0.3) is 0 Å². The molecule has 7 nitrogen and oxygen atoms in total. The van der Waals surface area contributed by atoms with Crippen molar-refractivity contribution in [3.63, 3.8) is 0 Å². The highest BCUT2D eigenvalue weighted by Crippen LogP contribution is 2.35. The number of phenols is 3. The van der Waals surface area contributed by atoms with Gasteiger partial charge in [-0.05, 0) is 43.9 Å². The minimum atomic E-state index is -0.654. The smallest absolute Gasteiger partial charge is 0.251 e. The van der Waals surface area contributed by atoms with Gasteiger partial charge in [0.25, 0.3) is 5.91 Å². The van der Waals surface area contributed by atoms with Crippen LogP contribution >= 0.6 is 0 Å². The van der Waals surface area contributed by atoms with Gasteiger partial charge in [-0.15, -0.1) is 0 Å². The molecule has 7 heteroatoms. The molecule has 1 fully saturated rings. The summed E-state index contributed by atoms with van der Waals surface area (Å²) < 4.78 is 0. The van der Waals surface area contributed by atoms with Gasteiger partial charge in [-0.1, -0.05) is 29.8 Å². The van der Waals surface area contributed by atoms with Crippen LogP contribution in [0, 0.1) is 6.92 Å². The number of piperidine rings is 1. The zero-order valence-corrected chi connectivity index (χ0v) is 16.4. The molecule has 0 bridgehead atoms. The van der Waals surface area contributed by atoms with Gasteiger partial charge in [-0.3, -0.25) is 9.59 Å². The Morgan fingerprint density at radius 3 is 2.21 bits per heavy atom. The molecule has 0 saturated carbocycles. The monoisotopic (exact) mass is 398 g/mol. The van der Waals surface area contributed by atoms with E-state index in [2.05, 4.69) is 5.32 Å². The van der Waals surface area contributed by atoms with Crippen LogP contribution in [0.4, 0.5) is 0 Å². The van der Waals surface area contributed by atoms with Crippen molar-refractivity contribution in [1.82, 2.24) is 10.2 Å². The number of nitrogens with one attached hydrogen (secondary N) is 1. The number of aromatic hydroxyl groups is 3. The minimum absolute atomic E-state index is 0.0643. The van der Waals surface area contributed by atoms with E-state index in [1.807, 2.05) is 36.1 Å². The Labute approximate surface area is 169 Å². The van der Waals surface area contributed by atoms with E-state index in [-0.39, 0.29) is 17.5 Å². The van der Waals surface area contributed by atoms with Crippen LogP contribution in [0.1, 0.15) is 40.7 Å². The SMILES string of the molecule is Cc1ccc(CCC(=O)N2CCC(NC(=O)c3cc(O)c(O)c(O)c3)CC2)cc1. The molecule has 1 heterocycles. The van der Waals surface area contributed by atoms with Gasteiger partial charge in [0, 0.05) is 31.1 Å². The Kier molecular flexibility index (Phi) is 6.26. The van der Waals surface area contributed by atoms with Crippen molar-refractivity contribution >= 4 is 11.8 Å². The summed E-state index contributed by atoms with van der Waals surface area (Å²) in [6.07, 6.45) is 2.45. The lowest BCUT2D eigenvalue weighted by atomic mass is 10.0. The lowest BCUT2D eigenvalue weighted by Gasteiger charge is -2.32. The third-order valence-electron chi connectivity index (χ3n) is 5.26. The summed E-state index contributed by atoms with van der Waals surface area (Å²) in [5, 5.41) is 31.3. The molecule has 2 amide bonds. The average Bonchev–Trinajstić information content (AvgIpc) is 2.71. The Morgan fingerprint density at radius 1 is 1.03 bits per heavy atom. The van der Waals surface area contributed by atoms with Gasteiger partial charge < -0.3 is 25.5 Å². The highest BCUT2D eigenvalue weighted by atomic mass is 16.3. The Morgan fingerprint density at radius 2 is 1.62 bits per heavy atom. The molecule has 1 aliphatic heterocycles. The fourth-order valence-corrected chi connectivity index (χ4v) is 3.44. The molecule has 0 atom stereocenters. The largest absolute Gasteiger partial charge is 0.504 e.